The first-order valence-corrected chi connectivity index (χ1v) is 10.4. The Morgan fingerprint density at radius 2 is 1.68 bits per heavy atom. The fourth-order valence-electron chi connectivity index (χ4n) is 4.48. The molecule has 2 aliphatic heterocycles. The molecule has 3 aromatic carbocycles. The Morgan fingerprint density at radius 1 is 1.00 bits per heavy atom. The number of carbonyl (C=O) groups excluding carboxylic acids is 1. The summed E-state index contributed by atoms with van der Waals surface area (Å²) in [7, 11) is 2.46. The number of ether oxygens (including phenoxy) is 4. The molecule has 1 spiro atoms. The van der Waals surface area contributed by atoms with Crippen LogP contribution in [0.3, 0.4) is 0 Å². The molecule has 174 valence electrons. The van der Waals surface area contributed by atoms with Gasteiger partial charge in [-0.05, 0) is 24.3 Å². The minimum atomic E-state index is -1.84. The highest BCUT2D eigenvalue weighted by atomic mass is 35.5. The van der Waals surface area contributed by atoms with E-state index < -0.39 is 23.1 Å². The SMILES string of the molecule is COc1c(Cl)c(C(=O)O)c(OC)c2c1C(=O)OC21c2ccc(O)cc2Oc2c1ccc(O)c2Cl. The first kappa shape index (κ1) is 22.0. The number of carboxylic acids is 1. The van der Waals surface area contributed by atoms with Gasteiger partial charge in [0.15, 0.2) is 17.1 Å². The average Bonchev–Trinajstić information content (AvgIpc) is 3.08. The monoisotopic (exact) mass is 504 g/mol. The van der Waals surface area contributed by atoms with Crippen LogP contribution < -0.4 is 14.2 Å². The fraction of sp³-hybridized carbons (Fsp3) is 0.130. The van der Waals surface area contributed by atoms with E-state index in [2.05, 4.69) is 0 Å². The number of hydrogen-bond acceptors (Lipinski definition) is 8. The van der Waals surface area contributed by atoms with Crippen molar-refractivity contribution >= 4 is 35.1 Å². The van der Waals surface area contributed by atoms with Crippen LogP contribution >= 0.6 is 23.2 Å². The predicted molar refractivity (Wildman–Crippen MR) is 118 cm³/mol. The van der Waals surface area contributed by atoms with E-state index in [0.717, 1.165) is 0 Å². The number of rotatable bonds is 3. The quantitative estimate of drug-likeness (QED) is 0.434. The van der Waals surface area contributed by atoms with Crippen LogP contribution in [-0.2, 0) is 10.3 Å². The standard InChI is InChI=1S/C23H14Cl2O9/c1-31-19-14(21(28)29)17(25)20(32-2)13-15(19)23(34-22(13)30)9-4-3-8(26)7-12(9)33-18-10(23)5-6-11(27)16(18)24/h3-7,26-27H,1-2H3,(H,28,29). The molecule has 0 amide bonds. The van der Waals surface area contributed by atoms with Gasteiger partial charge in [0, 0.05) is 17.2 Å². The Bertz CT molecular complexity index is 1430. The lowest BCUT2D eigenvalue weighted by Crippen LogP contribution is -2.33. The normalized spacial score (nSPS) is 17.4. The van der Waals surface area contributed by atoms with Crippen molar-refractivity contribution < 1.29 is 43.9 Å². The van der Waals surface area contributed by atoms with Gasteiger partial charge >= 0.3 is 11.9 Å². The van der Waals surface area contributed by atoms with E-state index >= 15 is 0 Å². The summed E-state index contributed by atoms with van der Waals surface area (Å²) >= 11 is 12.7. The molecule has 5 rings (SSSR count). The first-order valence-electron chi connectivity index (χ1n) is 9.65. The summed E-state index contributed by atoms with van der Waals surface area (Å²) < 4.78 is 22.7. The van der Waals surface area contributed by atoms with E-state index in [0.29, 0.717) is 0 Å². The van der Waals surface area contributed by atoms with E-state index in [4.69, 9.17) is 42.1 Å². The van der Waals surface area contributed by atoms with Crippen LogP contribution in [0.15, 0.2) is 30.3 Å². The van der Waals surface area contributed by atoms with Crippen LogP contribution in [0.2, 0.25) is 10.0 Å². The number of carboxylic acid groups (broad SMARTS) is 1. The molecule has 0 aromatic heterocycles. The Kier molecular flexibility index (Phi) is 4.75. The molecule has 3 N–H and O–H groups in total. The Labute approximate surface area is 201 Å². The van der Waals surface area contributed by atoms with Crippen LogP contribution in [-0.4, -0.2) is 41.5 Å². The van der Waals surface area contributed by atoms with Crippen molar-refractivity contribution in [3.05, 3.63) is 68.2 Å². The van der Waals surface area contributed by atoms with Crippen molar-refractivity contribution in [2.24, 2.45) is 0 Å². The van der Waals surface area contributed by atoms with E-state index in [9.17, 15) is 24.9 Å². The van der Waals surface area contributed by atoms with Gasteiger partial charge in [-0.25, -0.2) is 9.59 Å². The summed E-state index contributed by atoms with van der Waals surface area (Å²) in [6.07, 6.45) is 0. The van der Waals surface area contributed by atoms with E-state index in [-0.39, 0.29) is 66.8 Å². The van der Waals surface area contributed by atoms with Gasteiger partial charge in [-0.15, -0.1) is 0 Å². The molecule has 9 nitrogen and oxygen atoms in total. The van der Waals surface area contributed by atoms with Crippen LogP contribution in [0.25, 0.3) is 0 Å². The maximum absolute atomic E-state index is 13.3. The van der Waals surface area contributed by atoms with Crippen molar-refractivity contribution in [3.8, 4) is 34.5 Å². The van der Waals surface area contributed by atoms with Crippen molar-refractivity contribution in [1.29, 1.82) is 0 Å². The van der Waals surface area contributed by atoms with Gasteiger partial charge in [0.1, 0.15) is 44.2 Å². The van der Waals surface area contributed by atoms with Gasteiger partial charge in [-0.1, -0.05) is 23.2 Å². The molecule has 1 atom stereocenters. The molecule has 2 heterocycles. The second kappa shape index (κ2) is 7.34. The molecule has 34 heavy (non-hydrogen) atoms. The lowest BCUT2D eigenvalue weighted by atomic mass is 9.76. The van der Waals surface area contributed by atoms with E-state index in [1.165, 1.54) is 44.6 Å². The van der Waals surface area contributed by atoms with Crippen LogP contribution in [0.5, 0.6) is 34.5 Å². The van der Waals surface area contributed by atoms with Crippen molar-refractivity contribution in [2.75, 3.05) is 14.2 Å². The number of carbonyl (C=O) groups is 2. The molecule has 0 bridgehead atoms. The molecule has 0 fully saturated rings. The van der Waals surface area contributed by atoms with Crippen molar-refractivity contribution in [3.63, 3.8) is 0 Å². The zero-order chi connectivity index (χ0) is 24.5. The van der Waals surface area contributed by atoms with E-state index in [1.54, 1.807) is 0 Å². The molecule has 0 saturated heterocycles. The number of phenolic OH excluding ortho intramolecular Hbond substituents is 2. The molecule has 3 aromatic rings. The third-order valence-electron chi connectivity index (χ3n) is 5.79. The number of halogens is 2. The van der Waals surface area contributed by atoms with E-state index in [1.807, 2.05) is 0 Å². The lowest BCUT2D eigenvalue weighted by Gasteiger charge is -2.37. The zero-order valence-corrected chi connectivity index (χ0v) is 18.9. The average molecular weight is 505 g/mol. The Balaban J connectivity index is 2.03. The molecule has 1 unspecified atom stereocenters. The topological polar surface area (TPSA) is 132 Å². The molecule has 11 heteroatoms. The Hall–Kier alpha value is -3.82. The van der Waals surface area contributed by atoms with Gasteiger partial charge in [0.2, 0.25) is 0 Å². The zero-order valence-electron chi connectivity index (χ0n) is 17.4. The summed E-state index contributed by atoms with van der Waals surface area (Å²) in [4.78, 5) is 25.5. The number of hydrogen-bond donors (Lipinski definition) is 3. The second-order valence-corrected chi connectivity index (χ2v) is 8.20. The summed E-state index contributed by atoms with van der Waals surface area (Å²) in [6.45, 7) is 0. The first-order chi connectivity index (χ1) is 16.2. The maximum atomic E-state index is 13.3. The number of fused-ring (bicyclic) bond motifs is 6. The molecule has 0 saturated carbocycles. The highest BCUT2D eigenvalue weighted by Gasteiger charge is 2.58. The number of phenols is 2. The largest absolute Gasteiger partial charge is 0.508 e. The third kappa shape index (κ3) is 2.62. The highest BCUT2D eigenvalue weighted by Crippen LogP contribution is 2.63. The lowest BCUT2D eigenvalue weighted by molar-refractivity contribution is 0.0219. The number of methoxy groups -OCH3 is 2. The minimum absolute atomic E-state index is 0.00287. The fourth-order valence-corrected chi connectivity index (χ4v) is 5.02. The molecule has 0 radical (unpaired) electrons. The summed E-state index contributed by atoms with van der Waals surface area (Å²) in [6, 6.07) is 6.78. The van der Waals surface area contributed by atoms with Crippen molar-refractivity contribution in [1.82, 2.24) is 0 Å². The molecule has 0 aliphatic carbocycles. The number of aromatic carboxylic acids is 1. The third-order valence-corrected chi connectivity index (χ3v) is 6.51. The van der Waals surface area contributed by atoms with Crippen LogP contribution in [0, 0.1) is 0 Å². The molecule has 2 aliphatic rings. The second-order valence-electron chi connectivity index (χ2n) is 7.44. The smallest absolute Gasteiger partial charge is 0.344 e. The molecular formula is C23H14Cl2O9. The highest BCUT2D eigenvalue weighted by molar-refractivity contribution is 6.36. The van der Waals surface area contributed by atoms with Gasteiger partial charge < -0.3 is 34.3 Å². The van der Waals surface area contributed by atoms with Gasteiger partial charge in [0.25, 0.3) is 0 Å². The Morgan fingerprint density at radius 3 is 2.32 bits per heavy atom. The predicted octanol–water partition coefficient (Wildman–Crippen LogP) is 4.69. The number of benzene rings is 3. The molecular weight excluding hydrogens is 491 g/mol. The minimum Gasteiger partial charge on any atom is -0.508 e. The summed E-state index contributed by atoms with van der Waals surface area (Å²) in [5, 5.41) is 29.6. The van der Waals surface area contributed by atoms with Gasteiger partial charge in [-0.3, -0.25) is 0 Å². The van der Waals surface area contributed by atoms with Crippen LogP contribution in [0.1, 0.15) is 37.4 Å². The maximum Gasteiger partial charge on any atom is 0.344 e. The summed E-state index contributed by atoms with van der Waals surface area (Å²) in [5.74, 6) is -3.24. The number of aromatic hydroxyl groups is 2. The number of esters is 1. The van der Waals surface area contributed by atoms with Gasteiger partial charge in [0.05, 0.1) is 19.8 Å². The van der Waals surface area contributed by atoms with Crippen LogP contribution in [0.4, 0.5) is 0 Å². The summed E-state index contributed by atoms with van der Waals surface area (Å²) in [5.41, 5.74) is -2.02. The van der Waals surface area contributed by atoms with Crippen molar-refractivity contribution in [2.45, 2.75) is 5.60 Å². The van der Waals surface area contributed by atoms with Gasteiger partial charge in [-0.2, -0.15) is 0 Å².